The van der Waals surface area contributed by atoms with Crippen molar-refractivity contribution in [3.05, 3.63) is 18.2 Å². The number of carbonyl (C=O) groups excluding carboxylic acids is 1. The van der Waals surface area contributed by atoms with Gasteiger partial charge in [0.15, 0.2) is 11.5 Å². The molecule has 2 aromatic rings. The predicted molar refractivity (Wildman–Crippen MR) is 92.9 cm³/mol. The zero-order valence-corrected chi connectivity index (χ0v) is 14.9. The number of piperidine rings is 1. The maximum absolute atomic E-state index is 12.2. The van der Waals surface area contributed by atoms with Crippen LogP contribution in [0.15, 0.2) is 18.2 Å². The zero-order valence-electron chi connectivity index (χ0n) is 14.9. The number of rotatable bonds is 4. The number of hydrogen-bond donors (Lipinski definition) is 1. The Balaban J connectivity index is 1.24. The second kappa shape index (κ2) is 6.19. The molecule has 0 atom stereocenters. The molecule has 2 aliphatic heterocycles. The van der Waals surface area contributed by atoms with E-state index in [4.69, 9.17) is 9.47 Å². The Bertz CT molecular complexity index is 870. The molecule has 0 bridgehead atoms. The Morgan fingerprint density at radius 2 is 2.00 bits per heavy atom. The first kappa shape index (κ1) is 16.5. The Morgan fingerprint density at radius 3 is 2.78 bits per heavy atom. The molecule has 1 aromatic heterocycles. The van der Waals surface area contributed by atoms with Crippen molar-refractivity contribution in [1.29, 1.82) is 0 Å². The third-order valence-electron chi connectivity index (χ3n) is 5.45. The number of nitrogens with zero attached hydrogens (tertiary/aromatic N) is 5. The van der Waals surface area contributed by atoms with Gasteiger partial charge >= 0.3 is 0 Å². The molecule has 27 heavy (non-hydrogen) atoms. The maximum atomic E-state index is 12.2. The SMILES string of the molecule is O=C(C1CC1)N1CCC(O)(Cn2nnc(-c3ccc4c(c3)OCO4)n2)CC1. The van der Waals surface area contributed by atoms with Crippen molar-refractivity contribution in [2.45, 2.75) is 37.8 Å². The monoisotopic (exact) mass is 371 g/mol. The Labute approximate surface area is 155 Å². The minimum absolute atomic E-state index is 0.214. The van der Waals surface area contributed by atoms with Crippen LogP contribution in [0.25, 0.3) is 11.4 Å². The highest BCUT2D eigenvalue weighted by atomic mass is 16.7. The fourth-order valence-electron chi connectivity index (χ4n) is 3.61. The van der Waals surface area contributed by atoms with Crippen LogP contribution in [0.5, 0.6) is 11.5 Å². The fraction of sp³-hybridized carbons (Fsp3) is 0.556. The van der Waals surface area contributed by atoms with Crippen molar-refractivity contribution in [3.8, 4) is 22.9 Å². The smallest absolute Gasteiger partial charge is 0.231 e. The van der Waals surface area contributed by atoms with Crippen LogP contribution in [-0.2, 0) is 11.3 Å². The second-order valence-corrected chi connectivity index (χ2v) is 7.54. The number of likely N-dealkylation sites (tertiary alicyclic amines) is 1. The number of carbonyl (C=O) groups is 1. The van der Waals surface area contributed by atoms with Crippen LogP contribution in [-0.4, -0.2) is 61.6 Å². The van der Waals surface area contributed by atoms with Gasteiger partial charge in [-0.1, -0.05) is 0 Å². The molecule has 1 aliphatic carbocycles. The average molecular weight is 371 g/mol. The van der Waals surface area contributed by atoms with E-state index in [2.05, 4.69) is 15.4 Å². The van der Waals surface area contributed by atoms with Crippen molar-refractivity contribution in [1.82, 2.24) is 25.1 Å². The number of tetrazole rings is 1. The lowest BCUT2D eigenvalue weighted by molar-refractivity contribution is -0.137. The third-order valence-corrected chi connectivity index (χ3v) is 5.45. The lowest BCUT2D eigenvalue weighted by atomic mass is 9.91. The number of aromatic nitrogens is 4. The molecule has 9 heteroatoms. The molecular weight excluding hydrogens is 350 g/mol. The lowest BCUT2D eigenvalue weighted by Crippen LogP contribution is -2.49. The van der Waals surface area contributed by atoms with Crippen LogP contribution in [0, 0.1) is 5.92 Å². The minimum Gasteiger partial charge on any atom is -0.454 e. The first-order chi connectivity index (χ1) is 13.1. The summed E-state index contributed by atoms with van der Waals surface area (Å²) in [6.07, 6.45) is 3.05. The molecule has 1 saturated heterocycles. The van der Waals surface area contributed by atoms with Gasteiger partial charge in [0, 0.05) is 24.6 Å². The molecule has 142 valence electrons. The van der Waals surface area contributed by atoms with Crippen LogP contribution >= 0.6 is 0 Å². The summed E-state index contributed by atoms with van der Waals surface area (Å²) in [7, 11) is 0. The first-order valence-corrected chi connectivity index (χ1v) is 9.29. The van der Waals surface area contributed by atoms with E-state index in [0.717, 1.165) is 18.4 Å². The second-order valence-electron chi connectivity index (χ2n) is 7.54. The molecule has 1 N–H and O–H groups in total. The van der Waals surface area contributed by atoms with Gasteiger partial charge < -0.3 is 19.5 Å². The number of amides is 1. The van der Waals surface area contributed by atoms with Crippen molar-refractivity contribution in [2.24, 2.45) is 5.92 Å². The Kier molecular flexibility index (Phi) is 3.78. The van der Waals surface area contributed by atoms with Gasteiger partial charge in [-0.2, -0.15) is 4.80 Å². The maximum Gasteiger partial charge on any atom is 0.231 e. The minimum atomic E-state index is -0.923. The van der Waals surface area contributed by atoms with Gasteiger partial charge in [0.2, 0.25) is 18.5 Å². The highest BCUT2D eigenvalue weighted by molar-refractivity contribution is 5.81. The molecule has 1 aromatic carbocycles. The number of aliphatic hydroxyl groups is 1. The van der Waals surface area contributed by atoms with E-state index >= 15 is 0 Å². The molecule has 0 unspecified atom stereocenters. The molecule has 9 nitrogen and oxygen atoms in total. The molecule has 0 spiro atoms. The quantitative estimate of drug-likeness (QED) is 0.849. The molecule has 1 amide bonds. The van der Waals surface area contributed by atoms with Crippen LogP contribution in [0.1, 0.15) is 25.7 Å². The van der Waals surface area contributed by atoms with Crippen molar-refractivity contribution in [2.75, 3.05) is 19.9 Å². The zero-order chi connectivity index (χ0) is 18.4. The summed E-state index contributed by atoms with van der Waals surface area (Å²) < 4.78 is 10.7. The summed E-state index contributed by atoms with van der Waals surface area (Å²) in [5, 5.41) is 23.5. The summed E-state index contributed by atoms with van der Waals surface area (Å²) >= 11 is 0. The summed E-state index contributed by atoms with van der Waals surface area (Å²) in [6, 6.07) is 5.49. The molecule has 3 aliphatic rings. The van der Waals surface area contributed by atoms with Crippen molar-refractivity contribution < 1.29 is 19.4 Å². The molecule has 3 heterocycles. The lowest BCUT2D eigenvalue weighted by Gasteiger charge is -2.37. The molecule has 2 fully saturated rings. The first-order valence-electron chi connectivity index (χ1n) is 9.29. The number of ether oxygens (including phenoxy) is 2. The van der Waals surface area contributed by atoms with E-state index in [1.54, 1.807) is 0 Å². The topological polar surface area (TPSA) is 103 Å². The molecule has 0 radical (unpaired) electrons. The fourth-order valence-corrected chi connectivity index (χ4v) is 3.61. The van der Waals surface area contributed by atoms with Gasteiger partial charge in [-0.25, -0.2) is 0 Å². The van der Waals surface area contributed by atoms with Gasteiger partial charge in [-0.05, 0) is 49.1 Å². The van der Waals surface area contributed by atoms with Gasteiger partial charge in [0.25, 0.3) is 0 Å². The predicted octanol–water partition coefficient (Wildman–Crippen LogP) is 0.832. The standard InChI is InChI=1S/C18H21N5O4/c24-17(12-1-2-12)22-7-5-18(25,6-8-22)10-23-20-16(19-21-23)13-3-4-14-15(9-13)27-11-26-14/h3-4,9,12,25H,1-2,5-8,10-11H2. The van der Waals surface area contributed by atoms with Gasteiger partial charge in [0.05, 0.1) is 12.1 Å². The van der Waals surface area contributed by atoms with Gasteiger partial charge in [-0.15, -0.1) is 10.2 Å². The molecule has 5 rings (SSSR count). The van der Waals surface area contributed by atoms with E-state index < -0.39 is 5.60 Å². The highest BCUT2D eigenvalue weighted by Crippen LogP contribution is 2.35. The summed E-state index contributed by atoms with van der Waals surface area (Å²) in [5.41, 5.74) is -0.143. The Morgan fingerprint density at radius 1 is 1.22 bits per heavy atom. The van der Waals surface area contributed by atoms with E-state index in [1.807, 2.05) is 23.1 Å². The molecule has 1 saturated carbocycles. The van der Waals surface area contributed by atoms with Crippen LogP contribution < -0.4 is 9.47 Å². The van der Waals surface area contributed by atoms with E-state index in [-0.39, 0.29) is 25.2 Å². The number of benzene rings is 1. The largest absolute Gasteiger partial charge is 0.454 e. The van der Waals surface area contributed by atoms with Gasteiger partial charge in [0.1, 0.15) is 0 Å². The van der Waals surface area contributed by atoms with E-state index in [0.29, 0.717) is 43.3 Å². The molecular formula is C18H21N5O4. The average Bonchev–Trinajstić information content (AvgIpc) is 3.24. The summed E-state index contributed by atoms with van der Waals surface area (Å²) in [5.74, 6) is 2.29. The summed E-state index contributed by atoms with van der Waals surface area (Å²) in [4.78, 5) is 15.5. The number of hydrogen-bond acceptors (Lipinski definition) is 7. The van der Waals surface area contributed by atoms with Crippen LogP contribution in [0.2, 0.25) is 0 Å². The van der Waals surface area contributed by atoms with E-state index in [1.165, 1.54) is 4.80 Å². The van der Waals surface area contributed by atoms with Crippen molar-refractivity contribution in [3.63, 3.8) is 0 Å². The third kappa shape index (κ3) is 3.23. The van der Waals surface area contributed by atoms with E-state index in [9.17, 15) is 9.90 Å². The van der Waals surface area contributed by atoms with Crippen LogP contribution in [0.3, 0.4) is 0 Å². The van der Waals surface area contributed by atoms with Crippen LogP contribution in [0.4, 0.5) is 0 Å². The highest BCUT2D eigenvalue weighted by Gasteiger charge is 2.39. The summed E-state index contributed by atoms with van der Waals surface area (Å²) in [6.45, 7) is 1.63. The van der Waals surface area contributed by atoms with Gasteiger partial charge in [-0.3, -0.25) is 4.79 Å². The normalized spacial score (nSPS) is 20.7. The van der Waals surface area contributed by atoms with Crippen molar-refractivity contribution >= 4 is 5.91 Å². The Hall–Kier alpha value is -2.68. The number of fused-ring (bicyclic) bond motifs is 1.